The van der Waals surface area contributed by atoms with Gasteiger partial charge < -0.3 is 9.84 Å². The number of ether oxygens (including phenoxy) is 1. The lowest BCUT2D eigenvalue weighted by molar-refractivity contribution is -0.137. The first kappa shape index (κ1) is 14.5. The van der Waals surface area contributed by atoms with E-state index < -0.39 is 6.10 Å². The number of aliphatic hydroxyl groups excluding tert-OH is 1. The highest BCUT2D eigenvalue weighted by Crippen LogP contribution is 2.46. The lowest BCUT2D eigenvalue weighted by Gasteiger charge is -2.36. The molecule has 2 aliphatic rings. The normalized spacial score (nSPS) is 36.0. The third kappa shape index (κ3) is 2.53. The molecule has 0 aromatic heterocycles. The summed E-state index contributed by atoms with van der Waals surface area (Å²) in [5, 5.41) is 10.1. The van der Waals surface area contributed by atoms with Gasteiger partial charge in [0, 0.05) is 16.4 Å². The Kier molecular flexibility index (Phi) is 4.15. The molecular weight excluding hydrogens is 367 g/mol. The highest BCUT2D eigenvalue weighted by Gasteiger charge is 2.50. The molecule has 4 heteroatoms. The van der Waals surface area contributed by atoms with E-state index in [1.165, 1.54) is 9.13 Å². The van der Waals surface area contributed by atoms with Gasteiger partial charge in [-0.25, -0.2) is 0 Å². The highest BCUT2D eigenvalue weighted by molar-refractivity contribution is 14.1. The van der Waals surface area contributed by atoms with Gasteiger partial charge in [-0.15, -0.1) is 0 Å². The Bertz CT molecular complexity index is 499. The molecule has 0 amide bonds. The van der Waals surface area contributed by atoms with Crippen molar-refractivity contribution in [2.45, 2.75) is 50.4 Å². The van der Waals surface area contributed by atoms with Crippen LogP contribution in [-0.2, 0) is 9.53 Å². The molecule has 3 nitrogen and oxygen atoms in total. The monoisotopic (exact) mass is 386 g/mol. The lowest BCUT2D eigenvalue weighted by atomic mass is 9.76. The van der Waals surface area contributed by atoms with E-state index in [0.29, 0.717) is 12.8 Å². The minimum absolute atomic E-state index is 0.0974. The second kappa shape index (κ2) is 5.73. The fourth-order valence-corrected chi connectivity index (χ4v) is 3.96. The zero-order valence-corrected chi connectivity index (χ0v) is 13.6. The van der Waals surface area contributed by atoms with Crippen LogP contribution >= 0.6 is 22.6 Å². The number of Topliss-reactive ketones (excluding diaryl/α,β-unsaturated/α-hetero) is 1. The molecule has 0 saturated carbocycles. The fourth-order valence-electron chi connectivity index (χ4n) is 3.60. The number of hydrogen-bond donors (Lipinski definition) is 1. The first-order valence-electron chi connectivity index (χ1n) is 7.22. The quantitative estimate of drug-likeness (QED) is 0.813. The SMILES string of the molecule is CCC(=O)[C@H]1[C@@H](c2ccc(I)cc2)CC2CC(O)[C@H]1O2. The second-order valence-electron chi connectivity index (χ2n) is 5.77. The van der Waals surface area contributed by atoms with E-state index in [9.17, 15) is 9.90 Å². The largest absolute Gasteiger partial charge is 0.390 e. The molecule has 1 N–H and O–H groups in total. The van der Waals surface area contributed by atoms with E-state index in [1.807, 2.05) is 6.92 Å². The summed E-state index contributed by atoms with van der Waals surface area (Å²) in [5.41, 5.74) is 1.20. The molecule has 2 unspecified atom stereocenters. The van der Waals surface area contributed by atoms with Crippen LogP contribution in [0.1, 0.15) is 37.7 Å². The van der Waals surface area contributed by atoms with Crippen LogP contribution in [0, 0.1) is 9.49 Å². The van der Waals surface area contributed by atoms with Crippen molar-refractivity contribution in [3.05, 3.63) is 33.4 Å². The Morgan fingerprint density at radius 1 is 1.35 bits per heavy atom. The minimum Gasteiger partial charge on any atom is -0.390 e. The molecule has 2 saturated heterocycles. The standard InChI is InChI=1S/C16H19IO3/c1-2-13(18)15-12(9-3-5-10(17)6-4-9)7-11-8-14(19)16(15)20-11/h3-6,11-12,14-16,19H,2,7-8H2,1H3/t11?,12-,14?,15-,16-/m1/s1. The van der Waals surface area contributed by atoms with E-state index in [1.54, 1.807) is 0 Å². The average Bonchev–Trinajstić information content (AvgIpc) is 2.74. The van der Waals surface area contributed by atoms with Crippen molar-refractivity contribution in [2.75, 3.05) is 0 Å². The van der Waals surface area contributed by atoms with Gasteiger partial charge in [-0.1, -0.05) is 19.1 Å². The van der Waals surface area contributed by atoms with Crippen molar-refractivity contribution in [3.8, 4) is 0 Å². The van der Waals surface area contributed by atoms with E-state index in [0.717, 1.165) is 6.42 Å². The van der Waals surface area contributed by atoms with Gasteiger partial charge in [0.25, 0.3) is 0 Å². The number of fused-ring (bicyclic) bond motifs is 2. The van der Waals surface area contributed by atoms with Gasteiger partial charge in [0.1, 0.15) is 5.78 Å². The van der Waals surface area contributed by atoms with Crippen molar-refractivity contribution >= 4 is 28.4 Å². The topological polar surface area (TPSA) is 46.5 Å². The Morgan fingerprint density at radius 3 is 2.70 bits per heavy atom. The van der Waals surface area contributed by atoms with Crippen molar-refractivity contribution in [2.24, 2.45) is 5.92 Å². The van der Waals surface area contributed by atoms with Crippen LogP contribution in [0.5, 0.6) is 0 Å². The summed E-state index contributed by atoms with van der Waals surface area (Å²) in [5.74, 6) is 0.187. The minimum atomic E-state index is -0.491. The fraction of sp³-hybridized carbons (Fsp3) is 0.562. The Labute approximate surface area is 132 Å². The Hall–Kier alpha value is -0.460. The molecule has 0 spiro atoms. The van der Waals surface area contributed by atoms with Crippen molar-refractivity contribution in [1.82, 2.24) is 0 Å². The Balaban J connectivity index is 1.95. The summed E-state index contributed by atoms with van der Waals surface area (Å²) in [6.45, 7) is 1.89. The number of ketones is 1. The molecule has 2 fully saturated rings. The van der Waals surface area contributed by atoms with Crippen molar-refractivity contribution < 1.29 is 14.6 Å². The van der Waals surface area contributed by atoms with Gasteiger partial charge in [0.05, 0.1) is 24.2 Å². The number of rotatable bonds is 3. The predicted octanol–water partition coefficient (Wildman–Crippen LogP) is 2.89. The third-order valence-corrected chi connectivity index (χ3v) is 5.28. The molecule has 1 aromatic carbocycles. The van der Waals surface area contributed by atoms with E-state index in [-0.39, 0.29) is 29.8 Å². The molecular formula is C16H19IO3. The molecule has 5 atom stereocenters. The van der Waals surface area contributed by atoms with Crippen LogP contribution in [0.25, 0.3) is 0 Å². The maximum absolute atomic E-state index is 12.4. The average molecular weight is 386 g/mol. The molecule has 0 radical (unpaired) electrons. The second-order valence-corrected chi connectivity index (χ2v) is 7.01. The molecule has 1 aromatic rings. The van der Waals surface area contributed by atoms with Crippen LogP contribution < -0.4 is 0 Å². The number of carbonyl (C=O) groups is 1. The van der Waals surface area contributed by atoms with E-state index in [4.69, 9.17) is 4.74 Å². The highest BCUT2D eigenvalue weighted by atomic mass is 127. The molecule has 0 aliphatic carbocycles. The van der Waals surface area contributed by atoms with Gasteiger partial charge >= 0.3 is 0 Å². The summed E-state index contributed by atoms with van der Waals surface area (Å²) in [4.78, 5) is 12.4. The summed E-state index contributed by atoms with van der Waals surface area (Å²) in [6.07, 6.45) is 1.30. The molecule has 2 heterocycles. The first-order valence-corrected chi connectivity index (χ1v) is 8.29. The van der Waals surface area contributed by atoms with Crippen LogP contribution in [0.3, 0.4) is 0 Å². The zero-order chi connectivity index (χ0) is 14.3. The number of benzene rings is 1. The van der Waals surface area contributed by atoms with Gasteiger partial charge in [-0.05, 0) is 52.6 Å². The van der Waals surface area contributed by atoms with Crippen LogP contribution in [0.15, 0.2) is 24.3 Å². The number of halogens is 1. The first-order chi connectivity index (χ1) is 9.60. The Morgan fingerprint density at radius 2 is 2.05 bits per heavy atom. The van der Waals surface area contributed by atoms with E-state index in [2.05, 4.69) is 46.9 Å². The number of aliphatic hydroxyl groups is 1. The summed E-state index contributed by atoms with van der Waals surface area (Å²) in [7, 11) is 0. The van der Waals surface area contributed by atoms with Gasteiger partial charge in [-0.2, -0.15) is 0 Å². The van der Waals surface area contributed by atoms with Gasteiger partial charge in [-0.3, -0.25) is 4.79 Å². The van der Waals surface area contributed by atoms with E-state index >= 15 is 0 Å². The zero-order valence-electron chi connectivity index (χ0n) is 11.5. The maximum Gasteiger partial charge on any atom is 0.139 e. The number of carbonyl (C=O) groups excluding carboxylic acids is 1. The molecule has 20 heavy (non-hydrogen) atoms. The van der Waals surface area contributed by atoms with Gasteiger partial charge in [0.15, 0.2) is 0 Å². The summed E-state index contributed by atoms with van der Waals surface area (Å²) >= 11 is 2.29. The van der Waals surface area contributed by atoms with Crippen molar-refractivity contribution in [1.29, 1.82) is 0 Å². The van der Waals surface area contributed by atoms with Crippen LogP contribution in [-0.4, -0.2) is 29.2 Å². The molecule has 3 rings (SSSR count). The van der Waals surface area contributed by atoms with Crippen LogP contribution in [0.2, 0.25) is 0 Å². The maximum atomic E-state index is 12.4. The lowest BCUT2D eigenvalue weighted by Crippen LogP contribution is -2.42. The summed E-state index contributed by atoms with van der Waals surface area (Å²) < 4.78 is 7.04. The third-order valence-electron chi connectivity index (χ3n) is 4.56. The predicted molar refractivity (Wildman–Crippen MR) is 84.6 cm³/mol. The summed E-state index contributed by atoms with van der Waals surface area (Å²) in [6, 6.07) is 8.38. The van der Waals surface area contributed by atoms with Crippen LogP contribution in [0.4, 0.5) is 0 Å². The van der Waals surface area contributed by atoms with Gasteiger partial charge in [0.2, 0.25) is 0 Å². The molecule has 2 aliphatic heterocycles. The smallest absolute Gasteiger partial charge is 0.139 e. The molecule has 2 bridgehead atoms. The number of hydrogen-bond acceptors (Lipinski definition) is 3. The van der Waals surface area contributed by atoms with Crippen molar-refractivity contribution in [3.63, 3.8) is 0 Å². The molecule has 108 valence electrons.